The zero-order chi connectivity index (χ0) is 27.4. The van der Waals surface area contributed by atoms with Crippen LogP contribution < -0.4 is 11.1 Å². The third kappa shape index (κ3) is 5.71. The Morgan fingerprint density at radius 3 is 2.71 bits per heavy atom. The summed E-state index contributed by atoms with van der Waals surface area (Å²) >= 11 is 3.92. The molecular weight excluding hydrogens is 556 g/mol. The second-order valence-corrected chi connectivity index (χ2v) is 10.6. The molecule has 1 saturated heterocycles. The standard InChI is InChI=1S/C22H22N6O7S3/c1-10-14(38-8-24-10)5-4-12-6-36-20-16(19(31)28(20)17(12)21(32)35-9-34-11(2)29)26-18(30)15(27-33-3)13-7-37-22(23)25-13/h4-5,7-8,16,20H,6,9H2,1-3H3,(H2,23,25)(H,26,30)/t16?,20-/m0/s1. The van der Waals surface area contributed by atoms with Gasteiger partial charge in [-0.15, -0.1) is 34.4 Å². The van der Waals surface area contributed by atoms with Gasteiger partial charge in [-0.05, 0) is 18.6 Å². The van der Waals surface area contributed by atoms with E-state index in [4.69, 9.17) is 20.0 Å². The number of ether oxygens (including phenoxy) is 2. The molecule has 200 valence electrons. The second-order valence-electron chi connectivity index (χ2n) is 7.75. The number of thiazole rings is 2. The Morgan fingerprint density at radius 2 is 2.08 bits per heavy atom. The lowest BCUT2D eigenvalue weighted by Gasteiger charge is -2.49. The van der Waals surface area contributed by atoms with E-state index in [-0.39, 0.29) is 22.2 Å². The van der Waals surface area contributed by atoms with Gasteiger partial charge in [0, 0.05) is 22.9 Å². The van der Waals surface area contributed by atoms with Gasteiger partial charge in [-0.25, -0.2) is 14.8 Å². The molecule has 0 saturated carbocycles. The predicted molar refractivity (Wildman–Crippen MR) is 141 cm³/mol. The minimum Gasteiger partial charge on any atom is -0.428 e. The Morgan fingerprint density at radius 1 is 1.29 bits per heavy atom. The zero-order valence-electron chi connectivity index (χ0n) is 20.3. The molecule has 2 aliphatic heterocycles. The van der Waals surface area contributed by atoms with Crippen molar-refractivity contribution in [2.45, 2.75) is 25.3 Å². The maximum Gasteiger partial charge on any atom is 0.358 e. The Labute approximate surface area is 228 Å². The number of allylic oxidation sites excluding steroid dienone is 1. The molecule has 0 bridgehead atoms. The maximum absolute atomic E-state index is 13.2. The fourth-order valence-corrected chi connectivity index (χ4v) is 6.10. The molecule has 2 aromatic rings. The van der Waals surface area contributed by atoms with E-state index in [1.165, 1.54) is 42.0 Å². The van der Waals surface area contributed by atoms with Gasteiger partial charge in [-0.1, -0.05) is 11.2 Å². The van der Waals surface area contributed by atoms with E-state index in [9.17, 15) is 19.2 Å². The van der Waals surface area contributed by atoms with Crippen LogP contribution in [0, 0.1) is 6.92 Å². The number of β-lactam (4-membered cyclic amide) rings is 1. The molecule has 3 N–H and O–H groups in total. The number of anilines is 1. The van der Waals surface area contributed by atoms with E-state index in [0.29, 0.717) is 11.3 Å². The van der Waals surface area contributed by atoms with E-state index < -0.39 is 42.0 Å². The lowest BCUT2D eigenvalue weighted by molar-refractivity contribution is -0.166. The minimum absolute atomic E-state index is 0.00729. The fourth-order valence-electron chi connectivity index (χ4n) is 3.54. The number of nitrogen functional groups attached to an aromatic ring is 1. The molecule has 0 radical (unpaired) electrons. The maximum atomic E-state index is 13.2. The number of nitrogens with two attached hydrogens (primary N) is 1. The van der Waals surface area contributed by atoms with Gasteiger partial charge in [0.15, 0.2) is 10.8 Å². The topological polar surface area (TPSA) is 175 Å². The monoisotopic (exact) mass is 578 g/mol. The van der Waals surface area contributed by atoms with Crippen LogP contribution in [0.2, 0.25) is 0 Å². The van der Waals surface area contributed by atoms with Crippen LogP contribution in [-0.4, -0.2) is 75.4 Å². The summed E-state index contributed by atoms with van der Waals surface area (Å²) in [5, 5.41) is 7.57. The number of esters is 2. The molecule has 13 nitrogen and oxygen atoms in total. The highest BCUT2D eigenvalue weighted by atomic mass is 32.2. The highest BCUT2D eigenvalue weighted by Crippen LogP contribution is 2.41. The van der Waals surface area contributed by atoms with Crippen LogP contribution in [0.25, 0.3) is 6.08 Å². The molecule has 0 aliphatic carbocycles. The van der Waals surface area contributed by atoms with Crippen molar-refractivity contribution in [3.63, 3.8) is 0 Å². The Bertz CT molecular complexity index is 1360. The Hall–Kier alpha value is -3.76. The number of aromatic nitrogens is 2. The van der Waals surface area contributed by atoms with Crippen molar-refractivity contribution in [1.82, 2.24) is 20.2 Å². The molecule has 2 aliphatic rings. The first-order valence-corrected chi connectivity index (χ1v) is 13.7. The third-order valence-corrected chi connectivity index (χ3v) is 8.18. The van der Waals surface area contributed by atoms with E-state index in [2.05, 4.69) is 20.4 Å². The molecule has 4 rings (SSSR count). The normalized spacial score (nSPS) is 19.2. The van der Waals surface area contributed by atoms with Crippen LogP contribution in [0.3, 0.4) is 0 Å². The highest BCUT2D eigenvalue weighted by Gasteiger charge is 2.54. The van der Waals surface area contributed by atoms with E-state index >= 15 is 0 Å². The second kappa shape index (κ2) is 11.7. The van der Waals surface area contributed by atoms with Crippen molar-refractivity contribution < 1.29 is 33.5 Å². The average Bonchev–Trinajstić information content (AvgIpc) is 3.50. The summed E-state index contributed by atoms with van der Waals surface area (Å²) < 4.78 is 9.82. The van der Waals surface area contributed by atoms with Crippen LogP contribution >= 0.6 is 34.4 Å². The molecule has 38 heavy (non-hydrogen) atoms. The molecule has 0 spiro atoms. The lowest BCUT2D eigenvalue weighted by Crippen LogP contribution is -2.71. The van der Waals surface area contributed by atoms with Gasteiger partial charge in [0.1, 0.15) is 29.9 Å². The van der Waals surface area contributed by atoms with Gasteiger partial charge in [0.2, 0.25) is 6.79 Å². The van der Waals surface area contributed by atoms with Crippen molar-refractivity contribution in [1.29, 1.82) is 0 Å². The molecule has 2 aromatic heterocycles. The Kier molecular flexibility index (Phi) is 8.43. The minimum atomic E-state index is -0.948. The average molecular weight is 579 g/mol. The number of carbonyl (C=O) groups excluding carboxylic acids is 4. The highest BCUT2D eigenvalue weighted by molar-refractivity contribution is 8.00. The molecule has 0 aromatic carbocycles. The summed E-state index contributed by atoms with van der Waals surface area (Å²) in [4.78, 5) is 65.5. The number of nitrogens with zero attached hydrogens (tertiary/aromatic N) is 4. The SMILES string of the molecule is CON=C(C(=O)NC1C(=O)N2C(C(=O)OCOC(C)=O)=C(C=Cc3scnc3C)CS[C@@H]12)c1csc(N)n1. The number of hydrogen-bond acceptors (Lipinski definition) is 14. The molecule has 1 fully saturated rings. The van der Waals surface area contributed by atoms with E-state index in [0.717, 1.165) is 21.9 Å². The number of oxime groups is 1. The van der Waals surface area contributed by atoms with Crippen LogP contribution in [0.5, 0.6) is 0 Å². The number of amides is 2. The summed E-state index contributed by atoms with van der Waals surface area (Å²) in [5.74, 6) is -2.33. The fraction of sp³-hybridized carbons (Fsp3) is 0.318. The van der Waals surface area contributed by atoms with Crippen LogP contribution in [0.1, 0.15) is 23.2 Å². The van der Waals surface area contributed by atoms with Gasteiger partial charge < -0.3 is 25.4 Å². The summed E-state index contributed by atoms with van der Waals surface area (Å²) in [7, 11) is 1.28. The molecular formula is C22H22N6O7S3. The number of carbonyl (C=O) groups is 4. The molecule has 1 unspecified atom stereocenters. The zero-order valence-corrected chi connectivity index (χ0v) is 22.8. The summed E-state index contributed by atoms with van der Waals surface area (Å²) in [6, 6.07) is -0.948. The van der Waals surface area contributed by atoms with Crippen molar-refractivity contribution in [3.8, 4) is 0 Å². The Balaban J connectivity index is 1.56. The van der Waals surface area contributed by atoms with Gasteiger partial charge in [0.25, 0.3) is 11.8 Å². The number of thioether (sulfide) groups is 1. The van der Waals surface area contributed by atoms with Crippen molar-refractivity contribution in [2.24, 2.45) is 5.16 Å². The van der Waals surface area contributed by atoms with E-state index in [1.807, 2.05) is 6.92 Å². The quantitative estimate of drug-likeness (QED) is 0.144. The first-order chi connectivity index (χ1) is 18.2. The van der Waals surface area contributed by atoms with E-state index in [1.54, 1.807) is 23.0 Å². The number of nitrogens with one attached hydrogen (secondary N) is 1. The van der Waals surface area contributed by atoms with Gasteiger partial charge in [-0.3, -0.25) is 19.3 Å². The molecule has 2 atom stereocenters. The van der Waals surface area contributed by atoms with Crippen LogP contribution in [0.4, 0.5) is 5.13 Å². The molecule has 16 heteroatoms. The van der Waals surface area contributed by atoms with Crippen molar-refractivity contribution in [3.05, 3.63) is 44.5 Å². The van der Waals surface area contributed by atoms with Crippen molar-refractivity contribution >= 4 is 75.1 Å². The molecule has 2 amide bonds. The smallest absolute Gasteiger partial charge is 0.358 e. The van der Waals surface area contributed by atoms with Gasteiger partial charge >= 0.3 is 11.9 Å². The summed E-state index contributed by atoms with van der Waals surface area (Å²) in [6.45, 7) is 2.44. The predicted octanol–water partition coefficient (Wildman–Crippen LogP) is 1.27. The first-order valence-electron chi connectivity index (χ1n) is 10.9. The van der Waals surface area contributed by atoms with Gasteiger partial charge in [0.05, 0.1) is 11.2 Å². The van der Waals surface area contributed by atoms with Crippen LogP contribution in [-0.2, 0) is 33.5 Å². The van der Waals surface area contributed by atoms with Crippen molar-refractivity contribution in [2.75, 3.05) is 25.4 Å². The molecule has 4 heterocycles. The number of fused-ring (bicyclic) bond motifs is 1. The summed E-state index contributed by atoms with van der Waals surface area (Å²) in [6.07, 6.45) is 3.53. The first kappa shape index (κ1) is 27.3. The lowest BCUT2D eigenvalue weighted by atomic mass is 10.0. The largest absolute Gasteiger partial charge is 0.428 e. The number of hydrogen-bond donors (Lipinski definition) is 2. The number of aryl methyl sites for hydroxylation is 1. The van der Waals surface area contributed by atoms with Gasteiger partial charge in [-0.2, -0.15) is 0 Å². The summed E-state index contributed by atoms with van der Waals surface area (Å²) in [5.41, 5.74) is 8.79. The number of rotatable bonds is 9. The third-order valence-electron chi connectivity index (χ3n) is 5.31. The van der Waals surface area contributed by atoms with Crippen LogP contribution in [0.15, 0.2) is 33.4 Å².